The lowest BCUT2D eigenvalue weighted by Crippen LogP contribution is -2.37. The summed E-state index contributed by atoms with van der Waals surface area (Å²) in [6.07, 6.45) is 11.1. The zero-order chi connectivity index (χ0) is 19.8. The number of nitrogens with zero attached hydrogens (tertiary/aromatic N) is 3. The van der Waals surface area contributed by atoms with Gasteiger partial charge in [0.25, 0.3) is 0 Å². The zero-order valence-electron chi connectivity index (χ0n) is 16.7. The molecule has 0 bridgehead atoms. The molecule has 0 aliphatic heterocycles. The highest BCUT2D eigenvalue weighted by atomic mass is 16.3. The molecule has 6 nitrogen and oxygen atoms in total. The average Bonchev–Trinajstić information content (AvgIpc) is 3.03. The summed E-state index contributed by atoms with van der Waals surface area (Å²) in [4.78, 5) is 13.2. The standard InChI is InChI=1S/C22H32N4O2/c1-2-3-4-5-10-24-20-13-21(28)19(15-27)18(20)12-17-8-11-25-22(26-17)16-7-6-9-23-14-16/h6-9,11,14,18-21,24,27-28H,2-5,10,12-13,15H2,1H3. The Hall–Kier alpha value is -1.89. The molecule has 2 aromatic heterocycles. The van der Waals surface area contributed by atoms with Crippen molar-refractivity contribution in [1.29, 1.82) is 0 Å². The molecule has 152 valence electrons. The van der Waals surface area contributed by atoms with Crippen molar-refractivity contribution in [3.05, 3.63) is 42.5 Å². The number of nitrogens with one attached hydrogen (secondary N) is 1. The van der Waals surface area contributed by atoms with Crippen molar-refractivity contribution < 1.29 is 10.2 Å². The molecular formula is C22H32N4O2. The third-order valence-electron chi connectivity index (χ3n) is 5.78. The van der Waals surface area contributed by atoms with E-state index < -0.39 is 6.10 Å². The summed E-state index contributed by atoms with van der Waals surface area (Å²) >= 11 is 0. The van der Waals surface area contributed by atoms with Crippen molar-refractivity contribution in [2.75, 3.05) is 13.2 Å². The van der Waals surface area contributed by atoms with Crippen LogP contribution < -0.4 is 5.32 Å². The van der Waals surface area contributed by atoms with E-state index in [1.165, 1.54) is 19.3 Å². The van der Waals surface area contributed by atoms with Crippen LogP contribution in [-0.2, 0) is 6.42 Å². The molecule has 1 aliphatic rings. The van der Waals surface area contributed by atoms with E-state index in [1.807, 2.05) is 18.2 Å². The van der Waals surface area contributed by atoms with Gasteiger partial charge in [0.2, 0.25) is 0 Å². The molecule has 4 atom stereocenters. The van der Waals surface area contributed by atoms with Crippen molar-refractivity contribution in [2.45, 2.75) is 57.6 Å². The number of hydrogen-bond donors (Lipinski definition) is 3. The van der Waals surface area contributed by atoms with Gasteiger partial charge in [0.15, 0.2) is 5.82 Å². The molecule has 2 heterocycles. The van der Waals surface area contributed by atoms with Crippen LogP contribution in [-0.4, -0.2) is 50.5 Å². The third kappa shape index (κ3) is 5.34. The van der Waals surface area contributed by atoms with Crippen molar-refractivity contribution in [3.8, 4) is 11.4 Å². The molecular weight excluding hydrogens is 352 g/mol. The average molecular weight is 385 g/mol. The number of aromatic nitrogens is 3. The molecule has 3 rings (SSSR count). The molecule has 0 aromatic carbocycles. The molecule has 4 unspecified atom stereocenters. The van der Waals surface area contributed by atoms with Gasteiger partial charge in [0, 0.05) is 48.4 Å². The van der Waals surface area contributed by atoms with E-state index in [1.54, 1.807) is 18.6 Å². The maximum atomic E-state index is 10.4. The van der Waals surface area contributed by atoms with Crippen LogP contribution in [0, 0.1) is 11.8 Å². The Morgan fingerprint density at radius 1 is 1.14 bits per heavy atom. The SMILES string of the molecule is CCCCCCNC1CC(O)C(CO)C1Cc1ccnc(-c2cccnc2)n1. The molecule has 1 saturated carbocycles. The second-order valence-electron chi connectivity index (χ2n) is 7.75. The highest BCUT2D eigenvalue weighted by Gasteiger charge is 2.41. The first-order valence-electron chi connectivity index (χ1n) is 10.5. The maximum absolute atomic E-state index is 10.4. The summed E-state index contributed by atoms with van der Waals surface area (Å²) in [5.41, 5.74) is 1.82. The van der Waals surface area contributed by atoms with Gasteiger partial charge in [0.05, 0.1) is 6.10 Å². The smallest absolute Gasteiger partial charge is 0.160 e. The Bertz CT molecular complexity index is 713. The van der Waals surface area contributed by atoms with E-state index in [9.17, 15) is 10.2 Å². The maximum Gasteiger partial charge on any atom is 0.160 e. The zero-order valence-corrected chi connectivity index (χ0v) is 16.7. The highest BCUT2D eigenvalue weighted by molar-refractivity contribution is 5.52. The fourth-order valence-corrected chi connectivity index (χ4v) is 4.20. The first kappa shape index (κ1) is 20.8. The lowest BCUT2D eigenvalue weighted by Gasteiger charge is -2.25. The quantitative estimate of drug-likeness (QED) is 0.546. The minimum atomic E-state index is -0.470. The fraction of sp³-hybridized carbons (Fsp3) is 0.591. The molecule has 6 heteroatoms. The predicted molar refractivity (Wildman–Crippen MR) is 110 cm³/mol. The van der Waals surface area contributed by atoms with Crippen molar-refractivity contribution in [2.24, 2.45) is 11.8 Å². The van der Waals surface area contributed by atoms with Gasteiger partial charge >= 0.3 is 0 Å². The topological polar surface area (TPSA) is 91.2 Å². The van der Waals surface area contributed by atoms with Crippen LogP contribution in [0.4, 0.5) is 0 Å². The first-order chi connectivity index (χ1) is 13.7. The Balaban J connectivity index is 1.68. The number of aliphatic hydroxyl groups excluding tert-OH is 2. The third-order valence-corrected chi connectivity index (χ3v) is 5.78. The van der Waals surface area contributed by atoms with Gasteiger partial charge in [-0.3, -0.25) is 4.98 Å². The molecule has 1 aliphatic carbocycles. The van der Waals surface area contributed by atoms with Gasteiger partial charge in [-0.25, -0.2) is 9.97 Å². The molecule has 0 saturated heterocycles. The number of rotatable bonds is 10. The molecule has 3 N–H and O–H groups in total. The van der Waals surface area contributed by atoms with Gasteiger partial charge in [-0.1, -0.05) is 26.2 Å². The lowest BCUT2D eigenvalue weighted by molar-refractivity contribution is 0.0716. The molecule has 0 amide bonds. The summed E-state index contributed by atoms with van der Waals surface area (Å²) in [6, 6.07) is 5.95. The van der Waals surface area contributed by atoms with Crippen LogP contribution in [0.1, 0.15) is 44.7 Å². The van der Waals surface area contributed by atoms with Crippen LogP contribution in [0.3, 0.4) is 0 Å². The second kappa shape index (κ2) is 10.6. The van der Waals surface area contributed by atoms with Crippen LogP contribution >= 0.6 is 0 Å². The Morgan fingerprint density at radius 3 is 2.79 bits per heavy atom. The van der Waals surface area contributed by atoms with Gasteiger partial charge in [-0.2, -0.15) is 0 Å². The van der Waals surface area contributed by atoms with Gasteiger partial charge in [-0.15, -0.1) is 0 Å². The van der Waals surface area contributed by atoms with Crippen molar-refractivity contribution in [3.63, 3.8) is 0 Å². The largest absolute Gasteiger partial charge is 0.396 e. The Kier molecular flexibility index (Phi) is 7.89. The van der Waals surface area contributed by atoms with E-state index in [0.29, 0.717) is 18.7 Å². The number of pyridine rings is 1. The lowest BCUT2D eigenvalue weighted by atomic mass is 9.88. The monoisotopic (exact) mass is 384 g/mol. The second-order valence-corrected chi connectivity index (χ2v) is 7.75. The van der Waals surface area contributed by atoms with Crippen LogP contribution in [0.2, 0.25) is 0 Å². The normalized spacial score (nSPS) is 24.5. The van der Waals surface area contributed by atoms with E-state index >= 15 is 0 Å². The molecule has 2 aromatic rings. The Morgan fingerprint density at radius 2 is 2.04 bits per heavy atom. The van der Waals surface area contributed by atoms with E-state index in [4.69, 9.17) is 4.98 Å². The van der Waals surface area contributed by atoms with Crippen molar-refractivity contribution >= 4 is 0 Å². The van der Waals surface area contributed by atoms with Crippen LogP contribution in [0.5, 0.6) is 0 Å². The highest BCUT2D eigenvalue weighted by Crippen LogP contribution is 2.34. The predicted octanol–water partition coefficient (Wildman–Crippen LogP) is 2.61. The van der Waals surface area contributed by atoms with Gasteiger partial charge in [-0.05, 0) is 49.9 Å². The molecule has 1 fully saturated rings. The van der Waals surface area contributed by atoms with E-state index in [0.717, 1.165) is 24.2 Å². The molecule has 0 radical (unpaired) electrons. The van der Waals surface area contributed by atoms with Crippen LogP contribution in [0.25, 0.3) is 11.4 Å². The molecule has 0 spiro atoms. The summed E-state index contributed by atoms with van der Waals surface area (Å²) in [7, 11) is 0. The van der Waals surface area contributed by atoms with Gasteiger partial charge in [0.1, 0.15) is 0 Å². The minimum Gasteiger partial charge on any atom is -0.396 e. The summed E-state index contributed by atoms with van der Waals surface area (Å²) in [5.74, 6) is 0.696. The van der Waals surface area contributed by atoms with Crippen LogP contribution in [0.15, 0.2) is 36.8 Å². The van der Waals surface area contributed by atoms with Crippen molar-refractivity contribution in [1.82, 2.24) is 20.3 Å². The van der Waals surface area contributed by atoms with E-state index in [2.05, 4.69) is 22.2 Å². The number of aliphatic hydroxyl groups is 2. The summed E-state index contributed by atoms with van der Waals surface area (Å²) in [5, 5.41) is 23.9. The van der Waals surface area contributed by atoms with Gasteiger partial charge < -0.3 is 15.5 Å². The fourth-order valence-electron chi connectivity index (χ4n) is 4.20. The molecule has 28 heavy (non-hydrogen) atoms. The number of unbranched alkanes of at least 4 members (excludes halogenated alkanes) is 3. The summed E-state index contributed by atoms with van der Waals surface area (Å²) < 4.78 is 0. The summed E-state index contributed by atoms with van der Waals surface area (Å²) in [6.45, 7) is 3.17. The Labute approximate surface area is 167 Å². The minimum absolute atomic E-state index is 0.000391. The first-order valence-corrected chi connectivity index (χ1v) is 10.5. The number of hydrogen-bond acceptors (Lipinski definition) is 6. The van der Waals surface area contributed by atoms with E-state index in [-0.39, 0.29) is 24.5 Å².